The van der Waals surface area contributed by atoms with Gasteiger partial charge < -0.3 is 9.47 Å². The number of nitrogens with one attached hydrogen (secondary N) is 2. The molecular formula is C23H30N2O4. The van der Waals surface area contributed by atoms with Crippen LogP contribution in [-0.4, -0.2) is 24.5 Å². The van der Waals surface area contributed by atoms with Crippen LogP contribution in [0.5, 0.6) is 11.5 Å². The lowest BCUT2D eigenvalue weighted by Crippen LogP contribution is -2.49. The number of carbonyl (C=O) groups is 2. The third-order valence-electron chi connectivity index (χ3n) is 4.50. The van der Waals surface area contributed by atoms with Crippen LogP contribution in [0, 0.1) is 13.8 Å². The number of aryl methyl sites for hydroxylation is 2. The van der Waals surface area contributed by atoms with Crippen LogP contribution in [0.3, 0.4) is 0 Å². The predicted octanol–water partition coefficient (Wildman–Crippen LogP) is 3.81. The molecule has 2 aromatic carbocycles. The van der Waals surface area contributed by atoms with Crippen molar-refractivity contribution >= 4 is 11.8 Å². The highest BCUT2D eigenvalue weighted by Gasteiger charge is 2.20. The van der Waals surface area contributed by atoms with Gasteiger partial charge in [-0.05, 0) is 55.0 Å². The minimum atomic E-state index is -0.707. The second kappa shape index (κ2) is 10.5. The molecule has 0 aliphatic carbocycles. The fourth-order valence-corrected chi connectivity index (χ4v) is 2.80. The molecule has 1 unspecified atom stereocenters. The Morgan fingerprint density at radius 2 is 1.72 bits per heavy atom. The van der Waals surface area contributed by atoms with Gasteiger partial charge in [0, 0.05) is 0 Å². The van der Waals surface area contributed by atoms with E-state index in [4.69, 9.17) is 9.47 Å². The van der Waals surface area contributed by atoms with Gasteiger partial charge in [0.2, 0.25) is 0 Å². The average Bonchev–Trinajstić information content (AvgIpc) is 2.69. The maximum Gasteiger partial charge on any atom is 0.279 e. The summed E-state index contributed by atoms with van der Waals surface area (Å²) >= 11 is 0. The topological polar surface area (TPSA) is 76.7 Å². The number of hydrazine groups is 1. The van der Waals surface area contributed by atoms with Crippen molar-refractivity contribution in [3.8, 4) is 11.5 Å². The van der Waals surface area contributed by atoms with E-state index in [1.54, 1.807) is 0 Å². The van der Waals surface area contributed by atoms with Gasteiger partial charge in [0.1, 0.15) is 11.5 Å². The minimum absolute atomic E-state index is 0.196. The highest BCUT2D eigenvalue weighted by atomic mass is 16.5. The molecule has 0 aromatic heterocycles. The Hall–Kier alpha value is -3.02. The molecule has 2 rings (SSSR count). The summed E-state index contributed by atoms with van der Waals surface area (Å²) in [5, 5.41) is 0. The van der Waals surface area contributed by atoms with Crippen molar-refractivity contribution in [2.24, 2.45) is 0 Å². The molecule has 6 heteroatoms. The molecule has 6 nitrogen and oxygen atoms in total. The summed E-state index contributed by atoms with van der Waals surface area (Å²) in [7, 11) is 0. The van der Waals surface area contributed by atoms with Crippen molar-refractivity contribution in [1.29, 1.82) is 0 Å². The standard InChI is InChI=1S/C23H30N2O4/c1-6-19(29-20-10-8-7-9-17(20)5)23(27)25-24-22(26)14-28-21-13-16(4)11-12-18(21)15(2)3/h7-13,15,19H,6,14H2,1-5H3,(H,24,26)(H,25,27). The highest BCUT2D eigenvalue weighted by Crippen LogP contribution is 2.27. The number of benzene rings is 2. The predicted molar refractivity (Wildman–Crippen MR) is 113 cm³/mol. The van der Waals surface area contributed by atoms with E-state index in [2.05, 4.69) is 24.7 Å². The third kappa shape index (κ3) is 6.52. The van der Waals surface area contributed by atoms with Crippen LogP contribution in [0.1, 0.15) is 49.8 Å². The van der Waals surface area contributed by atoms with Gasteiger partial charge in [-0.15, -0.1) is 0 Å². The maximum atomic E-state index is 12.4. The monoisotopic (exact) mass is 398 g/mol. The van der Waals surface area contributed by atoms with Crippen LogP contribution in [0.4, 0.5) is 0 Å². The van der Waals surface area contributed by atoms with E-state index in [0.29, 0.717) is 17.9 Å². The molecule has 0 saturated heterocycles. The zero-order valence-electron chi connectivity index (χ0n) is 17.7. The van der Waals surface area contributed by atoms with Gasteiger partial charge >= 0.3 is 0 Å². The minimum Gasteiger partial charge on any atom is -0.483 e. The molecule has 0 saturated carbocycles. The normalized spacial score (nSPS) is 11.7. The Balaban J connectivity index is 1.87. The van der Waals surface area contributed by atoms with Gasteiger partial charge in [-0.25, -0.2) is 0 Å². The van der Waals surface area contributed by atoms with Gasteiger partial charge in [-0.1, -0.05) is 51.1 Å². The Bertz CT molecular complexity index is 849. The lowest BCUT2D eigenvalue weighted by Gasteiger charge is -2.19. The van der Waals surface area contributed by atoms with Gasteiger partial charge in [-0.2, -0.15) is 0 Å². The Morgan fingerprint density at radius 3 is 2.38 bits per heavy atom. The van der Waals surface area contributed by atoms with Crippen molar-refractivity contribution in [3.63, 3.8) is 0 Å². The van der Waals surface area contributed by atoms with Gasteiger partial charge in [-0.3, -0.25) is 20.4 Å². The zero-order chi connectivity index (χ0) is 21.4. The Labute approximate surface area is 172 Å². The number of hydrogen-bond donors (Lipinski definition) is 2. The molecule has 0 aliphatic rings. The average molecular weight is 399 g/mol. The number of carbonyl (C=O) groups excluding carboxylic acids is 2. The van der Waals surface area contributed by atoms with E-state index >= 15 is 0 Å². The van der Waals surface area contributed by atoms with Crippen molar-refractivity contribution < 1.29 is 19.1 Å². The van der Waals surface area contributed by atoms with Gasteiger partial charge in [0.25, 0.3) is 11.8 Å². The van der Waals surface area contributed by atoms with Crippen molar-refractivity contribution in [1.82, 2.24) is 10.9 Å². The molecule has 156 valence electrons. The molecule has 0 fully saturated rings. The molecule has 2 N–H and O–H groups in total. The van der Waals surface area contributed by atoms with Crippen molar-refractivity contribution in [2.75, 3.05) is 6.61 Å². The molecule has 29 heavy (non-hydrogen) atoms. The molecule has 0 bridgehead atoms. The summed E-state index contributed by atoms with van der Waals surface area (Å²) in [5.41, 5.74) is 7.83. The van der Waals surface area contributed by atoms with E-state index in [1.807, 2.05) is 63.2 Å². The SMILES string of the molecule is CCC(Oc1ccccc1C)C(=O)NNC(=O)COc1cc(C)ccc1C(C)C. The fraction of sp³-hybridized carbons (Fsp3) is 0.391. The molecular weight excluding hydrogens is 368 g/mol. The highest BCUT2D eigenvalue weighted by molar-refractivity contribution is 5.85. The first-order chi connectivity index (χ1) is 13.8. The molecule has 0 heterocycles. The quantitative estimate of drug-likeness (QED) is 0.663. The van der Waals surface area contributed by atoms with Crippen LogP contribution in [0.2, 0.25) is 0 Å². The zero-order valence-corrected chi connectivity index (χ0v) is 17.7. The fourth-order valence-electron chi connectivity index (χ4n) is 2.80. The largest absolute Gasteiger partial charge is 0.483 e. The summed E-state index contributed by atoms with van der Waals surface area (Å²) in [6.07, 6.45) is -0.241. The lowest BCUT2D eigenvalue weighted by molar-refractivity contribution is -0.134. The second-order valence-electron chi connectivity index (χ2n) is 7.30. The summed E-state index contributed by atoms with van der Waals surface area (Å²) in [5.74, 6) is 0.737. The first kappa shape index (κ1) is 22.3. The molecule has 2 amide bonds. The lowest BCUT2D eigenvalue weighted by atomic mass is 10.0. The van der Waals surface area contributed by atoms with Gasteiger partial charge in [0.15, 0.2) is 12.7 Å². The summed E-state index contributed by atoms with van der Waals surface area (Å²) in [6, 6.07) is 13.4. The van der Waals surface area contributed by atoms with E-state index in [1.165, 1.54) is 0 Å². The molecule has 0 aliphatic heterocycles. The van der Waals surface area contributed by atoms with Crippen LogP contribution >= 0.6 is 0 Å². The molecule has 2 aromatic rings. The van der Waals surface area contributed by atoms with Crippen LogP contribution in [0.15, 0.2) is 42.5 Å². The number of para-hydroxylation sites is 1. The second-order valence-corrected chi connectivity index (χ2v) is 7.30. The summed E-state index contributed by atoms with van der Waals surface area (Å²) < 4.78 is 11.5. The summed E-state index contributed by atoms with van der Waals surface area (Å²) in [6.45, 7) is 9.66. The van der Waals surface area contributed by atoms with E-state index in [0.717, 1.165) is 16.7 Å². The van der Waals surface area contributed by atoms with Crippen LogP contribution in [-0.2, 0) is 9.59 Å². The van der Waals surface area contributed by atoms with Gasteiger partial charge in [0.05, 0.1) is 0 Å². The van der Waals surface area contributed by atoms with Crippen molar-refractivity contribution in [2.45, 2.75) is 53.1 Å². The smallest absolute Gasteiger partial charge is 0.279 e. The number of hydrogen-bond acceptors (Lipinski definition) is 4. The first-order valence-corrected chi connectivity index (χ1v) is 9.86. The molecule has 0 spiro atoms. The third-order valence-corrected chi connectivity index (χ3v) is 4.50. The van der Waals surface area contributed by atoms with E-state index in [9.17, 15) is 9.59 Å². The maximum absolute atomic E-state index is 12.4. The van der Waals surface area contributed by atoms with Crippen LogP contribution < -0.4 is 20.3 Å². The van der Waals surface area contributed by atoms with E-state index < -0.39 is 17.9 Å². The van der Waals surface area contributed by atoms with E-state index in [-0.39, 0.29) is 12.5 Å². The Kier molecular flexibility index (Phi) is 8.07. The number of amides is 2. The first-order valence-electron chi connectivity index (χ1n) is 9.86. The van der Waals surface area contributed by atoms with Crippen molar-refractivity contribution in [3.05, 3.63) is 59.2 Å². The number of ether oxygens (including phenoxy) is 2. The molecule has 0 radical (unpaired) electrons. The summed E-state index contributed by atoms with van der Waals surface area (Å²) in [4.78, 5) is 24.5. The number of rotatable bonds is 8. The van der Waals surface area contributed by atoms with Crippen LogP contribution in [0.25, 0.3) is 0 Å². The Morgan fingerprint density at radius 1 is 1.00 bits per heavy atom. The molecule has 1 atom stereocenters.